The molecule has 32 heavy (non-hydrogen) atoms. The second kappa shape index (κ2) is 8.15. The third-order valence-electron chi connectivity index (χ3n) is 5.99. The zero-order valence-corrected chi connectivity index (χ0v) is 21.3. The Bertz CT molecular complexity index is 1130. The first-order valence-electron chi connectivity index (χ1n) is 10.8. The van der Waals surface area contributed by atoms with Crippen molar-refractivity contribution in [3.05, 3.63) is 40.7 Å². The number of aromatic nitrogens is 2. The topological polar surface area (TPSA) is 41.1 Å². The average Bonchev–Trinajstić information content (AvgIpc) is 3.26. The maximum absolute atomic E-state index is 15.1. The number of hydrogen-bond acceptors (Lipinski definition) is 6. The van der Waals surface area contributed by atoms with Gasteiger partial charge in [-0.25, -0.2) is 18.7 Å². The predicted octanol–water partition coefficient (Wildman–Crippen LogP) is 6.57. The van der Waals surface area contributed by atoms with Crippen LogP contribution >= 0.6 is 22.7 Å². The van der Waals surface area contributed by atoms with Crippen LogP contribution in [0.5, 0.6) is 0 Å². The van der Waals surface area contributed by atoms with Crippen LogP contribution in [0.1, 0.15) is 51.2 Å². The monoisotopic (exact) mass is 476 g/mol. The molecular weight excluding hydrogens is 446 g/mol. The molecule has 1 saturated heterocycles. The molecule has 3 aromatic rings. The van der Waals surface area contributed by atoms with Gasteiger partial charge in [0.25, 0.3) is 0 Å². The number of halogens is 2. The van der Waals surface area contributed by atoms with Crippen molar-refractivity contribution in [2.75, 3.05) is 11.9 Å². The molecule has 172 valence electrons. The molecule has 1 aliphatic heterocycles. The fourth-order valence-electron chi connectivity index (χ4n) is 4.94. The van der Waals surface area contributed by atoms with Crippen molar-refractivity contribution in [2.24, 2.45) is 0 Å². The minimum Gasteiger partial charge on any atom is -0.362 e. The Morgan fingerprint density at radius 2 is 1.59 bits per heavy atom. The predicted molar refractivity (Wildman–Crippen MR) is 131 cm³/mol. The molecule has 0 radical (unpaired) electrons. The van der Waals surface area contributed by atoms with E-state index in [0.717, 1.165) is 22.9 Å². The van der Waals surface area contributed by atoms with E-state index in [0.29, 0.717) is 21.6 Å². The van der Waals surface area contributed by atoms with Crippen LogP contribution in [0.4, 0.5) is 13.8 Å². The van der Waals surface area contributed by atoms with Crippen LogP contribution in [0.2, 0.25) is 0 Å². The summed E-state index contributed by atoms with van der Waals surface area (Å²) in [7, 11) is 2.06. The number of nitrogens with zero attached hydrogens (tertiary/aromatic N) is 3. The maximum Gasteiger partial charge on any atom is 0.134 e. The van der Waals surface area contributed by atoms with Crippen LogP contribution in [-0.2, 0) is 0 Å². The van der Waals surface area contributed by atoms with Crippen molar-refractivity contribution >= 4 is 27.7 Å². The fraction of sp³-hybridized carbons (Fsp3) is 0.500. The average molecular weight is 477 g/mol. The third-order valence-corrected chi connectivity index (χ3v) is 8.22. The van der Waals surface area contributed by atoms with Crippen LogP contribution in [0.25, 0.3) is 21.0 Å². The van der Waals surface area contributed by atoms with Crippen LogP contribution in [0.15, 0.2) is 18.3 Å². The number of aryl methyl sites for hydroxylation is 2. The first-order valence-corrected chi connectivity index (χ1v) is 12.4. The quantitative estimate of drug-likeness (QED) is 0.462. The molecule has 8 heteroatoms. The number of anilines is 1. The summed E-state index contributed by atoms with van der Waals surface area (Å²) in [5, 5.41) is 5.98. The fourth-order valence-corrected chi connectivity index (χ4v) is 6.85. The molecule has 0 bridgehead atoms. The molecule has 4 rings (SSSR count). The van der Waals surface area contributed by atoms with Gasteiger partial charge in [0.1, 0.15) is 21.6 Å². The van der Waals surface area contributed by atoms with Gasteiger partial charge >= 0.3 is 0 Å². The number of benzene rings is 1. The van der Waals surface area contributed by atoms with Crippen LogP contribution < -0.4 is 10.2 Å². The highest BCUT2D eigenvalue weighted by Gasteiger charge is 2.39. The van der Waals surface area contributed by atoms with E-state index in [-0.39, 0.29) is 22.2 Å². The SMILES string of the molecule is Cc1nc(C)c(-c2cc(F)c(-c3ncc(N(C)C4CC(C)(C)NC(C)(C)C4)s3)cc2F)s1. The Kier molecular flexibility index (Phi) is 5.92. The van der Waals surface area contributed by atoms with Crippen molar-refractivity contribution in [1.29, 1.82) is 0 Å². The van der Waals surface area contributed by atoms with Crippen molar-refractivity contribution in [3.8, 4) is 21.0 Å². The summed E-state index contributed by atoms with van der Waals surface area (Å²) in [4.78, 5) is 11.7. The van der Waals surface area contributed by atoms with Gasteiger partial charge in [0.05, 0.1) is 21.8 Å². The Morgan fingerprint density at radius 1 is 1.00 bits per heavy atom. The molecule has 0 unspecified atom stereocenters. The van der Waals surface area contributed by atoms with E-state index in [1.165, 1.54) is 34.8 Å². The van der Waals surface area contributed by atoms with Gasteiger partial charge in [0, 0.05) is 35.3 Å². The van der Waals surface area contributed by atoms with Crippen molar-refractivity contribution < 1.29 is 8.78 Å². The van der Waals surface area contributed by atoms with Crippen molar-refractivity contribution in [1.82, 2.24) is 15.3 Å². The molecule has 1 aliphatic rings. The lowest BCUT2D eigenvalue weighted by atomic mass is 9.79. The number of thiazole rings is 2. The van der Waals surface area contributed by atoms with Gasteiger partial charge in [-0.1, -0.05) is 11.3 Å². The molecule has 2 aromatic heterocycles. The Labute approximate surface area is 196 Å². The van der Waals surface area contributed by atoms with E-state index in [1.807, 2.05) is 13.8 Å². The summed E-state index contributed by atoms with van der Waals surface area (Å²) in [5.74, 6) is -0.931. The first kappa shape index (κ1) is 23.3. The molecule has 0 saturated carbocycles. The largest absolute Gasteiger partial charge is 0.362 e. The third kappa shape index (κ3) is 4.58. The van der Waals surface area contributed by atoms with Gasteiger partial charge in [0.15, 0.2) is 0 Å². The summed E-state index contributed by atoms with van der Waals surface area (Å²) in [5.41, 5.74) is 1.20. The molecular formula is C24H30F2N4S2. The smallest absolute Gasteiger partial charge is 0.134 e. The van der Waals surface area contributed by atoms with Gasteiger partial charge < -0.3 is 10.2 Å². The second-order valence-corrected chi connectivity index (χ2v) is 12.2. The summed E-state index contributed by atoms with van der Waals surface area (Å²) in [6.07, 6.45) is 3.75. The van der Waals surface area contributed by atoms with E-state index in [1.54, 1.807) is 6.20 Å². The zero-order valence-electron chi connectivity index (χ0n) is 19.6. The van der Waals surface area contributed by atoms with Crippen LogP contribution in [0.3, 0.4) is 0 Å². The molecule has 1 N–H and O–H groups in total. The van der Waals surface area contributed by atoms with E-state index in [4.69, 9.17) is 0 Å². The van der Waals surface area contributed by atoms with E-state index < -0.39 is 11.6 Å². The highest BCUT2D eigenvalue weighted by Crippen LogP contribution is 2.40. The van der Waals surface area contributed by atoms with Gasteiger partial charge in [-0.3, -0.25) is 0 Å². The lowest BCUT2D eigenvalue weighted by Gasteiger charge is -2.49. The highest BCUT2D eigenvalue weighted by atomic mass is 32.1. The number of piperidine rings is 1. The summed E-state index contributed by atoms with van der Waals surface area (Å²) in [6, 6.07) is 2.86. The summed E-state index contributed by atoms with van der Waals surface area (Å²) in [6.45, 7) is 12.6. The maximum atomic E-state index is 15.1. The second-order valence-electron chi connectivity index (χ2n) is 10.0. The summed E-state index contributed by atoms with van der Waals surface area (Å²) < 4.78 is 30.1. The van der Waals surface area contributed by atoms with Crippen LogP contribution in [0, 0.1) is 25.5 Å². The Morgan fingerprint density at radius 3 is 2.19 bits per heavy atom. The first-order chi connectivity index (χ1) is 14.8. The standard InChI is InChI=1S/C24H30F2N4S2/c1-13-21(31-14(2)28-13)16-8-19(26)17(9-18(16)25)22-27-12-20(32-22)30(7)15-10-23(3,4)29-24(5,6)11-15/h8-9,12,15,29H,10-11H2,1-7H3. The van der Waals surface area contributed by atoms with Crippen LogP contribution in [-0.4, -0.2) is 34.1 Å². The number of rotatable bonds is 4. The van der Waals surface area contributed by atoms with Gasteiger partial charge in [-0.05, 0) is 66.5 Å². The minimum atomic E-state index is -0.473. The normalized spacial score (nSPS) is 18.2. The molecule has 1 fully saturated rings. The summed E-state index contributed by atoms with van der Waals surface area (Å²) >= 11 is 2.77. The Hall–Kier alpha value is -1.90. The number of hydrogen-bond donors (Lipinski definition) is 1. The highest BCUT2D eigenvalue weighted by molar-refractivity contribution is 7.19. The van der Waals surface area contributed by atoms with Crippen molar-refractivity contribution in [2.45, 2.75) is 71.5 Å². The zero-order chi connectivity index (χ0) is 23.4. The lowest BCUT2D eigenvalue weighted by molar-refractivity contribution is 0.161. The van der Waals surface area contributed by atoms with Crippen molar-refractivity contribution in [3.63, 3.8) is 0 Å². The van der Waals surface area contributed by atoms with E-state index in [9.17, 15) is 4.39 Å². The minimum absolute atomic E-state index is 0.0202. The van der Waals surface area contributed by atoms with Gasteiger partial charge in [-0.15, -0.1) is 11.3 Å². The van der Waals surface area contributed by atoms with E-state index in [2.05, 4.69) is 54.9 Å². The molecule has 0 atom stereocenters. The molecule has 3 heterocycles. The van der Waals surface area contributed by atoms with Gasteiger partial charge in [-0.2, -0.15) is 0 Å². The molecule has 1 aromatic carbocycles. The number of nitrogens with one attached hydrogen (secondary N) is 1. The molecule has 0 spiro atoms. The molecule has 4 nitrogen and oxygen atoms in total. The Balaban J connectivity index is 1.62. The molecule has 0 aliphatic carbocycles. The van der Waals surface area contributed by atoms with Gasteiger partial charge in [0.2, 0.25) is 0 Å². The molecule has 0 amide bonds. The van der Waals surface area contributed by atoms with E-state index >= 15 is 4.39 Å². The lowest BCUT2D eigenvalue weighted by Crippen LogP contribution is -2.61.